The first kappa shape index (κ1) is 20.1. The fourth-order valence-corrected chi connectivity index (χ4v) is 9.27. The molecule has 0 saturated heterocycles. The molecule has 0 spiro atoms. The van der Waals surface area contributed by atoms with Gasteiger partial charge in [0.25, 0.3) is 0 Å². The van der Waals surface area contributed by atoms with Crippen LogP contribution in [0.2, 0.25) is 6.04 Å². The monoisotopic (exact) mass is 348 g/mol. The molecule has 0 aliphatic rings. The molecule has 0 atom stereocenters. The SMILES string of the molecule is CO[Si](CCCS(=O)(=O)[Si](OC)(OC)OC)(OC)OC. The molecule has 0 aromatic rings. The van der Waals surface area contributed by atoms with Crippen LogP contribution in [0.4, 0.5) is 0 Å². The minimum Gasteiger partial charge on any atom is -0.377 e. The molecule has 0 fully saturated rings. The smallest absolute Gasteiger partial charge is 0.377 e. The summed E-state index contributed by atoms with van der Waals surface area (Å²) in [6.45, 7) is 0. The third kappa shape index (κ3) is 4.32. The third-order valence-electron chi connectivity index (χ3n) is 2.96. The second-order valence-corrected chi connectivity index (χ2v) is 14.1. The average Bonchev–Trinajstić information content (AvgIpc) is 2.46. The number of rotatable bonds is 11. The summed E-state index contributed by atoms with van der Waals surface area (Å²) in [5.74, 6) is -0.153. The molecule has 0 aliphatic heterocycles. The second kappa shape index (κ2) is 8.55. The van der Waals surface area contributed by atoms with Crippen LogP contribution in [-0.2, 0) is 35.8 Å². The first-order chi connectivity index (χ1) is 9.32. The lowest BCUT2D eigenvalue weighted by molar-refractivity contribution is 0.123. The van der Waals surface area contributed by atoms with Crippen LogP contribution in [0.15, 0.2) is 0 Å². The van der Waals surface area contributed by atoms with Crippen molar-refractivity contribution >= 4 is 26.0 Å². The summed E-state index contributed by atoms with van der Waals surface area (Å²) in [7, 11) is -1.93. The second-order valence-electron chi connectivity index (χ2n) is 3.83. The molecule has 0 unspecified atom stereocenters. The maximum atomic E-state index is 12.3. The molecule has 0 rings (SSSR count). The van der Waals surface area contributed by atoms with Crippen molar-refractivity contribution < 1.29 is 35.0 Å². The quantitative estimate of drug-likeness (QED) is 0.484. The molecular formula is C9H24O8SSi2. The zero-order valence-corrected chi connectivity index (χ0v) is 15.6. The van der Waals surface area contributed by atoms with Gasteiger partial charge in [0.15, 0.2) is 0 Å². The first-order valence-electron chi connectivity index (χ1n) is 5.85. The molecule has 0 N–H and O–H groups in total. The topological polar surface area (TPSA) is 89.5 Å². The number of hydrogen-bond donors (Lipinski definition) is 0. The van der Waals surface area contributed by atoms with Gasteiger partial charge in [-0.3, -0.25) is 0 Å². The summed E-state index contributed by atoms with van der Waals surface area (Å²) < 4.78 is 55.2. The van der Waals surface area contributed by atoms with E-state index in [1.165, 1.54) is 42.7 Å². The summed E-state index contributed by atoms with van der Waals surface area (Å²) >= 11 is 0. The molecule has 0 aromatic carbocycles. The maximum Gasteiger partial charge on any atom is 0.634 e. The molecule has 0 aromatic heterocycles. The third-order valence-corrected chi connectivity index (χ3v) is 13.3. The van der Waals surface area contributed by atoms with Crippen molar-refractivity contribution in [3.05, 3.63) is 0 Å². The maximum absolute atomic E-state index is 12.3. The van der Waals surface area contributed by atoms with Gasteiger partial charge < -0.3 is 26.6 Å². The molecule has 0 amide bonds. The molecule has 122 valence electrons. The Balaban J connectivity index is 4.80. The van der Waals surface area contributed by atoms with Crippen molar-refractivity contribution in [2.24, 2.45) is 0 Å². The highest BCUT2D eigenvalue weighted by Crippen LogP contribution is 2.20. The molecule has 0 radical (unpaired) electrons. The van der Waals surface area contributed by atoms with E-state index in [-0.39, 0.29) is 5.75 Å². The van der Waals surface area contributed by atoms with Crippen molar-refractivity contribution in [1.82, 2.24) is 0 Å². The van der Waals surface area contributed by atoms with E-state index in [0.717, 1.165) is 0 Å². The van der Waals surface area contributed by atoms with Crippen molar-refractivity contribution in [3.8, 4) is 0 Å². The Kier molecular flexibility index (Phi) is 8.61. The predicted octanol–water partition coefficient (Wildman–Crippen LogP) is 0.0442. The molecule has 8 nitrogen and oxygen atoms in total. The lowest BCUT2D eigenvalue weighted by Crippen LogP contribution is -2.52. The van der Waals surface area contributed by atoms with Crippen LogP contribution in [0.1, 0.15) is 6.42 Å². The van der Waals surface area contributed by atoms with Crippen molar-refractivity contribution in [2.75, 3.05) is 48.4 Å². The Labute approximate surface area is 122 Å². The first-order valence-corrected chi connectivity index (χ1v) is 11.9. The zero-order valence-electron chi connectivity index (χ0n) is 12.8. The molecule has 11 heteroatoms. The van der Waals surface area contributed by atoms with E-state index in [0.29, 0.717) is 12.5 Å². The molecule has 0 heterocycles. The highest BCUT2D eigenvalue weighted by molar-refractivity contribution is 8.19. The van der Waals surface area contributed by atoms with Crippen molar-refractivity contribution in [3.63, 3.8) is 0 Å². The highest BCUT2D eigenvalue weighted by Gasteiger charge is 2.54. The van der Waals surface area contributed by atoms with E-state index in [2.05, 4.69) is 0 Å². The van der Waals surface area contributed by atoms with Gasteiger partial charge in [-0.15, -0.1) is 0 Å². The average molecular weight is 349 g/mol. The summed E-state index contributed by atoms with van der Waals surface area (Å²) in [6.07, 6.45) is 0.301. The molecule has 0 aliphatic carbocycles. The van der Waals surface area contributed by atoms with E-state index in [1.54, 1.807) is 0 Å². The van der Waals surface area contributed by atoms with Gasteiger partial charge in [-0.1, -0.05) is 0 Å². The van der Waals surface area contributed by atoms with Gasteiger partial charge in [0.05, 0.1) is 5.75 Å². The Bertz CT molecular complexity index is 350. The highest BCUT2D eigenvalue weighted by atomic mass is 32.4. The van der Waals surface area contributed by atoms with Crippen LogP contribution in [0.25, 0.3) is 0 Å². The van der Waals surface area contributed by atoms with Gasteiger partial charge in [0.1, 0.15) is 0 Å². The van der Waals surface area contributed by atoms with E-state index in [9.17, 15) is 8.42 Å². The van der Waals surface area contributed by atoms with E-state index >= 15 is 0 Å². The van der Waals surface area contributed by atoms with E-state index in [4.69, 9.17) is 26.6 Å². The van der Waals surface area contributed by atoms with Crippen molar-refractivity contribution in [2.45, 2.75) is 12.5 Å². The lowest BCUT2D eigenvalue weighted by Gasteiger charge is -2.26. The molecule has 20 heavy (non-hydrogen) atoms. The van der Waals surface area contributed by atoms with Crippen LogP contribution in [0.5, 0.6) is 0 Å². The van der Waals surface area contributed by atoms with Crippen molar-refractivity contribution in [1.29, 1.82) is 0 Å². The van der Waals surface area contributed by atoms with Gasteiger partial charge in [0.2, 0.25) is 9.29 Å². The summed E-state index contributed by atoms with van der Waals surface area (Å²) in [5.41, 5.74) is 0. The van der Waals surface area contributed by atoms with Crippen LogP contribution in [0, 0.1) is 0 Å². The lowest BCUT2D eigenvalue weighted by atomic mass is 10.6. The standard InChI is InChI=1S/C9H24O8SSi2/c1-12-19(13-2,14-3)9-7-8-18(10,11)20(15-4,16-5)17-6/h7-9H2,1-6H3. The van der Waals surface area contributed by atoms with Gasteiger partial charge in [-0.2, -0.15) is 0 Å². The fraction of sp³-hybridized carbons (Fsp3) is 1.00. The molecule has 0 bridgehead atoms. The largest absolute Gasteiger partial charge is 0.634 e. The normalized spacial score (nSPS) is 13.7. The van der Waals surface area contributed by atoms with Crippen LogP contribution in [-0.4, -0.2) is 73.6 Å². The van der Waals surface area contributed by atoms with Gasteiger partial charge >= 0.3 is 16.8 Å². The van der Waals surface area contributed by atoms with Gasteiger partial charge in [-0.25, -0.2) is 8.42 Å². The Morgan fingerprint density at radius 3 is 1.45 bits per heavy atom. The molecular weight excluding hydrogens is 324 g/mol. The molecule has 0 saturated carbocycles. The van der Waals surface area contributed by atoms with Crippen LogP contribution < -0.4 is 0 Å². The van der Waals surface area contributed by atoms with Crippen LogP contribution in [0.3, 0.4) is 0 Å². The Morgan fingerprint density at radius 1 is 0.750 bits per heavy atom. The predicted molar refractivity (Wildman–Crippen MR) is 76.8 cm³/mol. The Morgan fingerprint density at radius 2 is 1.15 bits per heavy atom. The fourth-order valence-electron chi connectivity index (χ4n) is 1.79. The Hall–Kier alpha value is 0.144. The number of hydrogen-bond acceptors (Lipinski definition) is 8. The van der Waals surface area contributed by atoms with E-state index < -0.39 is 26.0 Å². The summed E-state index contributed by atoms with van der Waals surface area (Å²) in [4.78, 5) is 0. The van der Waals surface area contributed by atoms with Gasteiger partial charge in [0, 0.05) is 48.7 Å². The summed E-state index contributed by atoms with van der Waals surface area (Å²) in [5, 5.41) is 0. The minimum atomic E-state index is -3.71. The summed E-state index contributed by atoms with van der Waals surface area (Å²) in [6, 6.07) is 0.372. The van der Waals surface area contributed by atoms with Gasteiger partial charge in [-0.05, 0) is 6.42 Å². The van der Waals surface area contributed by atoms with Crippen LogP contribution >= 0.6 is 0 Å². The zero-order chi connectivity index (χ0) is 15.9. The minimum absolute atomic E-state index is 0.153. The van der Waals surface area contributed by atoms with E-state index in [1.807, 2.05) is 0 Å².